The van der Waals surface area contributed by atoms with Crippen molar-refractivity contribution in [2.45, 2.75) is 77.7 Å². The molecular formula is C28H41N3O6. The molecule has 1 spiro atoms. The minimum Gasteiger partial charge on any atom is -0.466 e. The van der Waals surface area contributed by atoms with Crippen molar-refractivity contribution >= 4 is 29.2 Å². The van der Waals surface area contributed by atoms with Crippen molar-refractivity contribution in [2.24, 2.45) is 17.8 Å². The van der Waals surface area contributed by atoms with Gasteiger partial charge in [0.15, 0.2) is 0 Å². The SMILES string of the molecule is CCOC(=O)[C@@H]1[C@H]2C(=O)N([C@@H](CC)CO)C(C(=O)Nc3ccc(N(CC)CC)cc3)C23CC(C)[C@@]1(C)O3. The van der Waals surface area contributed by atoms with Gasteiger partial charge in [-0.1, -0.05) is 13.8 Å². The number of esters is 1. The van der Waals surface area contributed by atoms with Gasteiger partial charge in [0.2, 0.25) is 11.8 Å². The molecule has 2 bridgehead atoms. The van der Waals surface area contributed by atoms with Gasteiger partial charge in [-0.15, -0.1) is 0 Å². The predicted octanol–water partition coefficient (Wildman–Crippen LogP) is 2.82. The average Bonchev–Trinajstić information content (AvgIpc) is 3.39. The summed E-state index contributed by atoms with van der Waals surface area (Å²) in [5.41, 5.74) is -0.415. The number of hydrogen-bond acceptors (Lipinski definition) is 7. The van der Waals surface area contributed by atoms with Gasteiger partial charge in [-0.3, -0.25) is 14.4 Å². The van der Waals surface area contributed by atoms with Crippen LogP contribution in [0.3, 0.4) is 0 Å². The van der Waals surface area contributed by atoms with E-state index in [-0.39, 0.29) is 30.9 Å². The number of hydrogen-bond donors (Lipinski definition) is 2. The quantitative estimate of drug-likeness (QED) is 0.461. The largest absolute Gasteiger partial charge is 0.466 e. The summed E-state index contributed by atoms with van der Waals surface area (Å²) in [5, 5.41) is 13.1. The fraction of sp³-hybridized carbons (Fsp3) is 0.679. The molecule has 3 saturated heterocycles. The number of anilines is 2. The Morgan fingerprint density at radius 2 is 1.86 bits per heavy atom. The van der Waals surface area contributed by atoms with E-state index in [0.29, 0.717) is 18.5 Å². The zero-order valence-electron chi connectivity index (χ0n) is 22.8. The molecule has 0 radical (unpaired) electrons. The van der Waals surface area contributed by atoms with Crippen molar-refractivity contribution in [2.75, 3.05) is 36.5 Å². The van der Waals surface area contributed by atoms with Gasteiger partial charge in [-0.2, -0.15) is 0 Å². The fourth-order valence-electron chi connectivity index (χ4n) is 6.93. The summed E-state index contributed by atoms with van der Waals surface area (Å²) in [6.07, 6.45) is 0.928. The highest BCUT2D eigenvalue weighted by molar-refractivity contribution is 6.03. The van der Waals surface area contributed by atoms with Gasteiger partial charge < -0.3 is 29.7 Å². The van der Waals surface area contributed by atoms with Gasteiger partial charge >= 0.3 is 5.97 Å². The summed E-state index contributed by atoms with van der Waals surface area (Å²) >= 11 is 0. The Kier molecular flexibility index (Phi) is 7.59. The molecule has 3 aliphatic rings. The van der Waals surface area contributed by atoms with E-state index in [2.05, 4.69) is 24.1 Å². The molecule has 1 aromatic rings. The predicted molar refractivity (Wildman–Crippen MR) is 140 cm³/mol. The van der Waals surface area contributed by atoms with Crippen LogP contribution in [-0.4, -0.2) is 77.4 Å². The van der Waals surface area contributed by atoms with Gasteiger partial charge in [0.25, 0.3) is 0 Å². The third-order valence-electron chi connectivity index (χ3n) is 8.88. The van der Waals surface area contributed by atoms with E-state index in [0.717, 1.165) is 18.8 Å². The molecule has 2 N–H and O–H groups in total. The standard InChI is InChI=1S/C28H41N3O6/c1-7-19(16-32)31-23(24(33)29-18-11-13-20(14-12-18)30(8-2)9-3)28-15-17(5)27(6,37-28)22(21(28)25(31)34)26(35)36-10-4/h11-14,17,19,21-23,32H,7-10,15-16H2,1-6H3,(H,29,33)/t17?,19-,21-,22-,23?,27+,28?/m0/s1. The summed E-state index contributed by atoms with van der Waals surface area (Å²) in [4.78, 5) is 44.8. The third kappa shape index (κ3) is 4.11. The van der Waals surface area contributed by atoms with Crippen molar-refractivity contribution < 1.29 is 29.0 Å². The van der Waals surface area contributed by atoms with E-state index in [1.807, 2.05) is 45.0 Å². The molecule has 2 amide bonds. The first-order chi connectivity index (χ1) is 17.6. The molecule has 0 saturated carbocycles. The van der Waals surface area contributed by atoms with Crippen molar-refractivity contribution in [1.29, 1.82) is 0 Å². The minimum atomic E-state index is -1.17. The van der Waals surface area contributed by atoms with Gasteiger partial charge in [0.1, 0.15) is 17.6 Å². The summed E-state index contributed by atoms with van der Waals surface area (Å²) < 4.78 is 12.0. The van der Waals surface area contributed by atoms with Crippen molar-refractivity contribution in [3.63, 3.8) is 0 Å². The van der Waals surface area contributed by atoms with E-state index in [9.17, 15) is 19.5 Å². The van der Waals surface area contributed by atoms with Crippen molar-refractivity contribution in [3.05, 3.63) is 24.3 Å². The number of fused-ring (bicyclic) bond motifs is 1. The fourth-order valence-corrected chi connectivity index (χ4v) is 6.93. The molecule has 3 heterocycles. The first kappa shape index (κ1) is 27.4. The van der Waals surface area contributed by atoms with Crippen LogP contribution in [-0.2, 0) is 23.9 Å². The second-order valence-corrected chi connectivity index (χ2v) is 10.7. The first-order valence-corrected chi connectivity index (χ1v) is 13.6. The lowest BCUT2D eigenvalue weighted by molar-refractivity contribution is -0.161. The smallest absolute Gasteiger partial charge is 0.312 e. The maximum atomic E-state index is 14.0. The lowest BCUT2D eigenvalue weighted by Gasteiger charge is -2.36. The van der Waals surface area contributed by atoms with Crippen LogP contribution in [0.15, 0.2) is 24.3 Å². The summed E-state index contributed by atoms with van der Waals surface area (Å²) in [5.74, 6) is -2.89. The van der Waals surface area contributed by atoms with Crippen molar-refractivity contribution in [3.8, 4) is 0 Å². The number of ether oxygens (including phenoxy) is 2. The van der Waals surface area contributed by atoms with E-state index in [4.69, 9.17) is 9.47 Å². The Labute approximate surface area is 219 Å². The van der Waals surface area contributed by atoms with Crippen LogP contribution in [0.1, 0.15) is 54.4 Å². The molecule has 0 aromatic heterocycles. The van der Waals surface area contributed by atoms with E-state index < -0.39 is 41.1 Å². The minimum absolute atomic E-state index is 0.0660. The topological polar surface area (TPSA) is 108 Å². The van der Waals surface area contributed by atoms with Crippen LogP contribution in [0.2, 0.25) is 0 Å². The van der Waals surface area contributed by atoms with Crippen LogP contribution in [0.4, 0.5) is 11.4 Å². The molecule has 3 unspecified atom stereocenters. The van der Waals surface area contributed by atoms with Gasteiger partial charge in [0.05, 0.1) is 30.8 Å². The number of carbonyl (C=O) groups is 3. The lowest BCUT2D eigenvalue weighted by Crippen LogP contribution is -2.56. The summed E-state index contributed by atoms with van der Waals surface area (Å²) in [6.45, 7) is 13.3. The van der Waals surface area contributed by atoms with Gasteiger partial charge in [-0.25, -0.2) is 0 Å². The number of aliphatic hydroxyl groups is 1. The number of amides is 2. The number of likely N-dealkylation sites (tertiary alicyclic amines) is 1. The summed E-state index contributed by atoms with van der Waals surface area (Å²) in [6, 6.07) is 6.07. The van der Waals surface area contributed by atoms with Crippen molar-refractivity contribution in [1.82, 2.24) is 4.90 Å². The molecule has 9 nitrogen and oxygen atoms in total. The molecule has 9 heteroatoms. The summed E-state index contributed by atoms with van der Waals surface area (Å²) in [7, 11) is 0. The monoisotopic (exact) mass is 515 g/mol. The average molecular weight is 516 g/mol. The maximum absolute atomic E-state index is 14.0. The Morgan fingerprint density at radius 1 is 1.22 bits per heavy atom. The second kappa shape index (κ2) is 10.3. The van der Waals surface area contributed by atoms with E-state index in [1.54, 1.807) is 6.92 Å². The highest BCUT2D eigenvalue weighted by atomic mass is 16.6. The van der Waals surface area contributed by atoms with Crippen LogP contribution < -0.4 is 10.2 Å². The molecule has 3 aliphatic heterocycles. The molecule has 204 valence electrons. The molecular weight excluding hydrogens is 474 g/mol. The van der Waals surface area contributed by atoms with Gasteiger partial charge in [0, 0.05) is 24.5 Å². The second-order valence-electron chi connectivity index (χ2n) is 10.7. The highest BCUT2D eigenvalue weighted by Crippen LogP contribution is 2.65. The van der Waals surface area contributed by atoms with Crippen LogP contribution in [0.25, 0.3) is 0 Å². The number of rotatable bonds is 10. The molecule has 7 atom stereocenters. The lowest BCUT2D eigenvalue weighted by atomic mass is 9.62. The molecule has 3 fully saturated rings. The Morgan fingerprint density at radius 3 is 2.41 bits per heavy atom. The first-order valence-electron chi connectivity index (χ1n) is 13.6. The van der Waals surface area contributed by atoms with Crippen LogP contribution in [0, 0.1) is 17.8 Å². The number of benzene rings is 1. The number of carbonyl (C=O) groups excluding carboxylic acids is 3. The number of nitrogens with one attached hydrogen (secondary N) is 1. The Hall–Kier alpha value is -2.65. The zero-order chi connectivity index (χ0) is 27.1. The van der Waals surface area contributed by atoms with Gasteiger partial charge in [-0.05, 0) is 70.7 Å². The van der Waals surface area contributed by atoms with E-state index >= 15 is 0 Å². The molecule has 0 aliphatic carbocycles. The zero-order valence-corrected chi connectivity index (χ0v) is 22.8. The van der Waals surface area contributed by atoms with Crippen LogP contribution >= 0.6 is 0 Å². The van der Waals surface area contributed by atoms with Crippen LogP contribution in [0.5, 0.6) is 0 Å². The maximum Gasteiger partial charge on any atom is 0.312 e. The third-order valence-corrected chi connectivity index (χ3v) is 8.88. The molecule has 1 aromatic carbocycles. The number of nitrogens with zero attached hydrogens (tertiary/aromatic N) is 2. The molecule has 37 heavy (non-hydrogen) atoms. The normalized spacial score (nSPS) is 32.8. The van der Waals surface area contributed by atoms with E-state index in [1.165, 1.54) is 4.90 Å². The molecule has 4 rings (SSSR count). The highest BCUT2D eigenvalue weighted by Gasteiger charge is 2.80. The Bertz CT molecular complexity index is 1020. The number of aliphatic hydroxyl groups excluding tert-OH is 1. The Balaban J connectivity index is 1.72.